The molecule has 6 heteroatoms. The molecule has 1 N–H and O–H groups in total. The Morgan fingerprint density at radius 2 is 1.21 bits per heavy atom. The van der Waals surface area contributed by atoms with Gasteiger partial charge in [0, 0.05) is 0 Å². The van der Waals surface area contributed by atoms with Gasteiger partial charge >= 0.3 is 0 Å². The van der Waals surface area contributed by atoms with E-state index in [-0.39, 0.29) is 28.6 Å². The number of β-lactam (4-membered cyclic amide) rings is 1. The third kappa shape index (κ3) is 6.11. The molecule has 1 aliphatic heterocycles. The molecule has 4 nitrogen and oxygen atoms in total. The minimum Gasteiger partial charge on any atom is -0.359 e. The maximum absolute atomic E-state index is 13.9. The van der Waals surface area contributed by atoms with Crippen molar-refractivity contribution < 1.29 is 9.59 Å². The SMILES string of the molecule is CC(C)C(C)(C)[SiH2]N1C(=O)[C@@H](NC(=O)Cc2ccccc2)[C@H]1SC(c1ccccc1)(c1ccccc1)c1ccccc1. The number of carbonyl (C=O) groups is 2. The lowest BCUT2D eigenvalue weighted by molar-refractivity contribution is -0.142. The molecule has 4 aromatic rings. The summed E-state index contributed by atoms with van der Waals surface area (Å²) in [5, 5.41) is 3.00. The molecule has 4 aromatic carbocycles. The summed E-state index contributed by atoms with van der Waals surface area (Å²) in [6, 6.07) is 40.8. The maximum Gasteiger partial charge on any atom is 0.240 e. The zero-order valence-electron chi connectivity index (χ0n) is 24.9. The van der Waals surface area contributed by atoms with Crippen LogP contribution in [0.15, 0.2) is 121 Å². The van der Waals surface area contributed by atoms with Crippen LogP contribution in [0.5, 0.6) is 0 Å². The molecule has 1 fully saturated rings. The molecule has 5 rings (SSSR count). The molecular formula is C36H40N2O2SSi. The molecule has 0 spiro atoms. The van der Waals surface area contributed by atoms with Crippen LogP contribution in [0.1, 0.15) is 49.9 Å². The van der Waals surface area contributed by atoms with E-state index >= 15 is 0 Å². The summed E-state index contributed by atoms with van der Waals surface area (Å²) in [5.41, 5.74) is 4.37. The second kappa shape index (κ2) is 12.7. The third-order valence-electron chi connectivity index (χ3n) is 8.64. The van der Waals surface area contributed by atoms with Crippen molar-refractivity contribution in [3.05, 3.63) is 144 Å². The van der Waals surface area contributed by atoms with Gasteiger partial charge in [0.15, 0.2) is 0 Å². The second-order valence-electron chi connectivity index (χ2n) is 12.1. The van der Waals surface area contributed by atoms with Crippen molar-refractivity contribution in [1.82, 2.24) is 9.88 Å². The van der Waals surface area contributed by atoms with Gasteiger partial charge in [-0.3, -0.25) is 9.59 Å². The number of thioether (sulfide) groups is 1. The summed E-state index contributed by atoms with van der Waals surface area (Å²) in [6.45, 7) is 9.03. The molecule has 1 aliphatic rings. The molecule has 2 amide bonds. The average molecular weight is 593 g/mol. The number of hydrogen-bond acceptors (Lipinski definition) is 3. The van der Waals surface area contributed by atoms with Crippen LogP contribution in [0.25, 0.3) is 0 Å². The molecule has 0 aromatic heterocycles. The van der Waals surface area contributed by atoms with E-state index in [9.17, 15) is 9.59 Å². The first-order valence-electron chi connectivity index (χ1n) is 14.7. The summed E-state index contributed by atoms with van der Waals surface area (Å²) in [4.78, 5) is 27.2. The maximum atomic E-state index is 13.9. The van der Waals surface area contributed by atoms with Crippen LogP contribution < -0.4 is 5.32 Å². The predicted octanol–water partition coefficient (Wildman–Crippen LogP) is 6.55. The minimum atomic E-state index is -1.01. The molecule has 1 saturated heterocycles. The summed E-state index contributed by atoms with van der Waals surface area (Å²) >= 11 is 1.78. The van der Waals surface area contributed by atoms with Gasteiger partial charge < -0.3 is 9.88 Å². The monoisotopic (exact) mass is 592 g/mol. The van der Waals surface area contributed by atoms with E-state index in [1.54, 1.807) is 11.8 Å². The number of nitrogens with zero attached hydrogens (tertiary/aromatic N) is 1. The zero-order valence-corrected chi connectivity index (χ0v) is 27.1. The van der Waals surface area contributed by atoms with Gasteiger partial charge in [-0.1, -0.05) is 149 Å². The normalized spacial score (nSPS) is 17.5. The topological polar surface area (TPSA) is 49.4 Å². The molecular weight excluding hydrogens is 553 g/mol. The van der Waals surface area contributed by atoms with E-state index in [4.69, 9.17) is 0 Å². The van der Waals surface area contributed by atoms with Crippen molar-refractivity contribution in [2.24, 2.45) is 5.92 Å². The van der Waals surface area contributed by atoms with Crippen molar-refractivity contribution in [2.45, 2.75) is 55.3 Å². The van der Waals surface area contributed by atoms with E-state index in [1.807, 2.05) is 48.5 Å². The molecule has 0 aliphatic carbocycles. The van der Waals surface area contributed by atoms with E-state index in [0.29, 0.717) is 5.92 Å². The van der Waals surface area contributed by atoms with Crippen molar-refractivity contribution in [1.29, 1.82) is 0 Å². The molecule has 0 radical (unpaired) electrons. The molecule has 2 atom stereocenters. The lowest BCUT2D eigenvalue weighted by Crippen LogP contribution is -2.72. The molecule has 216 valence electrons. The Balaban J connectivity index is 1.59. The number of benzene rings is 4. The van der Waals surface area contributed by atoms with Gasteiger partial charge in [-0.05, 0) is 33.2 Å². The van der Waals surface area contributed by atoms with Crippen molar-refractivity contribution in [3.63, 3.8) is 0 Å². The zero-order chi connectivity index (χ0) is 29.7. The third-order valence-corrected chi connectivity index (χ3v) is 13.4. The quantitative estimate of drug-likeness (QED) is 0.122. The second-order valence-corrected chi connectivity index (χ2v) is 16.3. The Labute approximate surface area is 256 Å². The van der Waals surface area contributed by atoms with Crippen molar-refractivity contribution in [3.8, 4) is 0 Å². The fourth-order valence-electron chi connectivity index (χ4n) is 5.49. The number of rotatable bonds is 11. The predicted molar refractivity (Wildman–Crippen MR) is 177 cm³/mol. The number of nitrogens with one attached hydrogen (secondary N) is 1. The first-order valence-corrected chi connectivity index (χ1v) is 16.9. The Morgan fingerprint density at radius 3 is 1.64 bits per heavy atom. The van der Waals surface area contributed by atoms with Crippen molar-refractivity contribution in [2.75, 3.05) is 0 Å². The average Bonchev–Trinajstić information content (AvgIpc) is 3.02. The number of hydrogen-bond donors (Lipinski definition) is 1. The summed E-state index contributed by atoms with van der Waals surface area (Å²) in [7, 11) is -1.01. The Bertz CT molecular complexity index is 1380. The molecule has 1 heterocycles. The van der Waals surface area contributed by atoms with Gasteiger partial charge in [0.1, 0.15) is 21.1 Å². The summed E-state index contributed by atoms with van der Waals surface area (Å²) < 4.78 is 1.54. The first kappa shape index (κ1) is 29.9. The fourth-order valence-corrected chi connectivity index (χ4v) is 9.65. The van der Waals surface area contributed by atoms with E-state index in [0.717, 1.165) is 22.3 Å². The van der Waals surface area contributed by atoms with Crippen LogP contribution >= 0.6 is 11.8 Å². The Morgan fingerprint density at radius 1 is 0.786 bits per heavy atom. The van der Waals surface area contributed by atoms with Gasteiger partial charge in [-0.15, -0.1) is 11.8 Å². The van der Waals surface area contributed by atoms with Crippen LogP contribution in [0, 0.1) is 5.92 Å². The Kier molecular flexibility index (Phi) is 9.04. The highest BCUT2D eigenvalue weighted by Gasteiger charge is 2.54. The highest BCUT2D eigenvalue weighted by molar-refractivity contribution is 8.01. The van der Waals surface area contributed by atoms with Gasteiger partial charge in [0.2, 0.25) is 11.8 Å². The van der Waals surface area contributed by atoms with E-state index in [2.05, 4.69) is 110 Å². The standard InChI is InChI=1S/C36H40N2O2SSi/c1-26(2)35(3,4)42-38-33(40)32(37-31(39)25-27-17-9-5-10-18-27)34(38)41-36(28-19-11-6-12-20-28,29-21-13-7-14-22-29)30-23-15-8-16-24-30/h5-24,26,32,34H,25,42H2,1-4H3,(H,37,39)/t32-,34-/m1/s1. The van der Waals surface area contributed by atoms with Gasteiger partial charge in [-0.25, -0.2) is 0 Å². The van der Waals surface area contributed by atoms with Crippen LogP contribution in [0.4, 0.5) is 0 Å². The van der Waals surface area contributed by atoms with Crippen LogP contribution in [0.3, 0.4) is 0 Å². The van der Waals surface area contributed by atoms with Crippen LogP contribution in [-0.2, 0) is 20.8 Å². The minimum absolute atomic E-state index is 0.0392. The van der Waals surface area contributed by atoms with E-state index < -0.39 is 20.5 Å². The van der Waals surface area contributed by atoms with Crippen molar-refractivity contribution >= 4 is 33.3 Å². The van der Waals surface area contributed by atoms with Gasteiger partial charge in [-0.2, -0.15) is 0 Å². The molecule has 0 bridgehead atoms. The van der Waals surface area contributed by atoms with Crippen LogP contribution in [-0.4, -0.2) is 37.5 Å². The lowest BCUT2D eigenvalue weighted by atomic mass is 9.84. The highest BCUT2D eigenvalue weighted by atomic mass is 32.2. The van der Waals surface area contributed by atoms with Gasteiger partial charge in [0.25, 0.3) is 0 Å². The summed E-state index contributed by atoms with van der Waals surface area (Å²) in [5.74, 6) is 0.355. The number of amides is 2. The smallest absolute Gasteiger partial charge is 0.240 e. The van der Waals surface area contributed by atoms with Crippen LogP contribution in [0.2, 0.25) is 5.04 Å². The Hall–Kier alpha value is -3.61. The number of carbonyl (C=O) groups excluding carboxylic acids is 2. The first-order chi connectivity index (χ1) is 20.2. The lowest BCUT2D eigenvalue weighted by Gasteiger charge is -2.53. The molecule has 0 saturated carbocycles. The van der Waals surface area contributed by atoms with Gasteiger partial charge in [0.05, 0.1) is 11.2 Å². The molecule has 42 heavy (non-hydrogen) atoms. The highest BCUT2D eigenvalue weighted by Crippen LogP contribution is 2.53. The molecule has 0 unspecified atom stereocenters. The fraction of sp³-hybridized carbons (Fsp3) is 0.278. The van der Waals surface area contributed by atoms with E-state index in [1.165, 1.54) is 0 Å². The largest absolute Gasteiger partial charge is 0.359 e. The summed E-state index contributed by atoms with van der Waals surface area (Å²) in [6.07, 6.45) is 0.248.